The molecule has 1 aromatic rings. The van der Waals surface area contributed by atoms with Crippen molar-refractivity contribution in [2.75, 3.05) is 25.5 Å². The largest absolute Gasteiger partial charge is 0.370 e. The van der Waals surface area contributed by atoms with Gasteiger partial charge in [-0.25, -0.2) is 4.98 Å². The first-order valence-corrected chi connectivity index (χ1v) is 6.86. The summed E-state index contributed by atoms with van der Waals surface area (Å²) >= 11 is 3.42. The predicted octanol–water partition coefficient (Wildman–Crippen LogP) is 3.29. The number of nitrogens with zero attached hydrogens (tertiary/aromatic N) is 2. The van der Waals surface area contributed by atoms with Gasteiger partial charge in [0.15, 0.2) is 0 Å². The Bertz CT molecular complexity index is 353. The van der Waals surface area contributed by atoms with Crippen LogP contribution in [0, 0.1) is 6.92 Å². The van der Waals surface area contributed by atoms with E-state index in [2.05, 4.69) is 65.0 Å². The standard InChI is InChI=1S/C13H22BrN3/c1-10(2)17(4)7-5-6-15-13-11(3)8-12(14)9-16-13/h8-10H,5-7H2,1-4H3,(H,15,16). The predicted molar refractivity (Wildman–Crippen MR) is 77.5 cm³/mol. The van der Waals surface area contributed by atoms with E-state index in [0.29, 0.717) is 6.04 Å². The lowest BCUT2D eigenvalue weighted by Crippen LogP contribution is -2.28. The van der Waals surface area contributed by atoms with Gasteiger partial charge in [0.2, 0.25) is 0 Å². The number of hydrogen-bond acceptors (Lipinski definition) is 3. The van der Waals surface area contributed by atoms with Gasteiger partial charge in [0, 0.05) is 23.3 Å². The molecule has 3 nitrogen and oxygen atoms in total. The molecule has 0 fully saturated rings. The fraction of sp³-hybridized carbons (Fsp3) is 0.615. The lowest BCUT2D eigenvalue weighted by Gasteiger charge is -2.20. The molecule has 0 saturated heterocycles. The van der Waals surface area contributed by atoms with Crippen LogP contribution in [0.1, 0.15) is 25.8 Å². The van der Waals surface area contributed by atoms with Crippen LogP contribution in [0.25, 0.3) is 0 Å². The third-order valence-electron chi connectivity index (χ3n) is 2.91. The van der Waals surface area contributed by atoms with E-state index in [4.69, 9.17) is 0 Å². The van der Waals surface area contributed by atoms with Crippen molar-refractivity contribution < 1.29 is 0 Å². The summed E-state index contributed by atoms with van der Waals surface area (Å²) < 4.78 is 1.03. The average molecular weight is 300 g/mol. The number of anilines is 1. The Hall–Kier alpha value is -0.610. The van der Waals surface area contributed by atoms with Gasteiger partial charge in [-0.05, 0) is 68.3 Å². The van der Waals surface area contributed by atoms with Gasteiger partial charge in [-0.3, -0.25) is 0 Å². The van der Waals surface area contributed by atoms with E-state index in [1.807, 2.05) is 6.20 Å². The first-order chi connectivity index (χ1) is 8.00. The van der Waals surface area contributed by atoms with E-state index in [-0.39, 0.29) is 0 Å². The molecule has 0 amide bonds. The van der Waals surface area contributed by atoms with Crippen molar-refractivity contribution in [1.29, 1.82) is 0 Å². The molecule has 0 aliphatic rings. The summed E-state index contributed by atoms with van der Waals surface area (Å²) in [6.45, 7) is 8.58. The highest BCUT2D eigenvalue weighted by molar-refractivity contribution is 9.10. The van der Waals surface area contributed by atoms with Gasteiger partial charge in [0.05, 0.1) is 0 Å². The van der Waals surface area contributed by atoms with Crippen LogP contribution in [-0.2, 0) is 0 Å². The van der Waals surface area contributed by atoms with Gasteiger partial charge < -0.3 is 10.2 Å². The van der Waals surface area contributed by atoms with E-state index in [0.717, 1.165) is 29.8 Å². The molecule has 1 aromatic heterocycles. The molecule has 0 aromatic carbocycles. The van der Waals surface area contributed by atoms with Crippen molar-refractivity contribution >= 4 is 21.7 Å². The SMILES string of the molecule is Cc1cc(Br)cnc1NCCCN(C)C(C)C. The van der Waals surface area contributed by atoms with E-state index in [1.54, 1.807) is 0 Å². The molecule has 0 bridgehead atoms. The van der Waals surface area contributed by atoms with Gasteiger partial charge in [0.25, 0.3) is 0 Å². The molecule has 0 saturated carbocycles. The Morgan fingerprint density at radius 3 is 2.76 bits per heavy atom. The number of halogens is 1. The highest BCUT2D eigenvalue weighted by Crippen LogP contribution is 2.16. The first kappa shape index (κ1) is 14.5. The summed E-state index contributed by atoms with van der Waals surface area (Å²) in [5.41, 5.74) is 1.18. The summed E-state index contributed by atoms with van der Waals surface area (Å²) in [6, 6.07) is 2.69. The molecule has 4 heteroatoms. The van der Waals surface area contributed by atoms with Crippen LogP contribution in [0.15, 0.2) is 16.7 Å². The minimum absolute atomic E-state index is 0.613. The van der Waals surface area contributed by atoms with Crippen LogP contribution in [0.3, 0.4) is 0 Å². The Kier molecular flexibility index (Phi) is 5.92. The van der Waals surface area contributed by atoms with Gasteiger partial charge in [-0.1, -0.05) is 0 Å². The van der Waals surface area contributed by atoms with Crippen molar-refractivity contribution in [3.05, 3.63) is 22.3 Å². The van der Waals surface area contributed by atoms with Crippen LogP contribution < -0.4 is 5.32 Å². The van der Waals surface area contributed by atoms with Crippen molar-refractivity contribution in [3.63, 3.8) is 0 Å². The van der Waals surface area contributed by atoms with E-state index in [9.17, 15) is 0 Å². The van der Waals surface area contributed by atoms with E-state index >= 15 is 0 Å². The topological polar surface area (TPSA) is 28.2 Å². The average Bonchev–Trinajstić information content (AvgIpc) is 2.26. The van der Waals surface area contributed by atoms with Crippen LogP contribution in [-0.4, -0.2) is 36.1 Å². The summed E-state index contributed by atoms with van der Waals surface area (Å²) in [5.74, 6) is 0.986. The summed E-state index contributed by atoms with van der Waals surface area (Å²) in [7, 11) is 2.16. The Morgan fingerprint density at radius 2 is 2.18 bits per heavy atom. The molecular weight excluding hydrogens is 278 g/mol. The fourth-order valence-corrected chi connectivity index (χ4v) is 1.96. The Labute approximate surface area is 113 Å². The number of nitrogens with one attached hydrogen (secondary N) is 1. The van der Waals surface area contributed by atoms with Crippen molar-refractivity contribution in [3.8, 4) is 0 Å². The maximum Gasteiger partial charge on any atom is 0.128 e. The highest BCUT2D eigenvalue weighted by atomic mass is 79.9. The molecule has 1 rings (SSSR count). The van der Waals surface area contributed by atoms with Crippen molar-refractivity contribution in [2.45, 2.75) is 33.2 Å². The maximum atomic E-state index is 4.36. The molecule has 0 spiro atoms. The zero-order chi connectivity index (χ0) is 12.8. The van der Waals surface area contributed by atoms with Crippen LogP contribution in [0.4, 0.5) is 5.82 Å². The zero-order valence-electron chi connectivity index (χ0n) is 11.1. The van der Waals surface area contributed by atoms with E-state index in [1.165, 1.54) is 5.56 Å². The minimum atomic E-state index is 0.613. The summed E-state index contributed by atoms with van der Waals surface area (Å²) in [6.07, 6.45) is 2.96. The number of aromatic nitrogens is 1. The third kappa shape index (κ3) is 5.04. The van der Waals surface area contributed by atoms with Crippen molar-refractivity contribution in [1.82, 2.24) is 9.88 Å². The molecular formula is C13H22BrN3. The number of rotatable bonds is 6. The van der Waals surface area contributed by atoms with Gasteiger partial charge in [-0.15, -0.1) is 0 Å². The highest BCUT2D eigenvalue weighted by Gasteiger charge is 2.03. The molecule has 0 radical (unpaired) electrons. The maximum absolute atomic E-state index is 4.36. The number of hydrogen-bond donors (Lipinski definition) is 1. The van der Waals surface area contributed by atoms with Crippen LogP contribution in [0.2, 0.25) is 0 Å². The smallest absolute Gasteiger partial charge is 0.128 e. The molecule has 1 N–H and O–H groups in total. The monoisotopic (exact) mass is 299 g/mol. The third-order valence-corrected chi connectivity index (χ3v) is 3.34. The molecule has 0 atom stereocenters. The van der Waals surface area contributed by atoms with Gasteiger partial charge in [-0.2, -0.15) is 0 Å². The quantitative estimate of drug-likeness (QED) is 0.817. The number of pyridine rings is 1. The van der Waals surface area contributed by atoms with Crippen LogP contribution in [0.5, 0.6) is 0 Å². The molecule has 0 aliphatic heterocycles. The van der Waals surface area contributed by atoms with Gasteiger partial charge >= 0.3 is 0 Å². The van der Waals surface area contributed by atoms with Gasteiger partial charge in [0.1, 0.15) is 5.82 Å². The number of aryl methyl sites for hydroxylation is 1. The molecule has 0 unspecified atom stereocenters. The molecule has 17 heavy (non-hydrogen) atoms. The van der Waals surface area contributed by atoms with Crippen molar-refractivity contribution in [2.24, 2.45) is 0 Å². The first-order valence-electron chi connectivity index (χ1n) is 6.07. The summed E-state index contributed by atoms with van der Waals surface area (Å²) in [5, 5.41) is 3.38. The fourth-order valence-electron chi connectivity index (χ4n) is 1.52. The normalized spacial score (nSPS) is 11.2. The van der Waals surface area contributed by atoms with E-state index < -0.39 is 0 Å². The lowest BCUT2D eigenvalue weighted by molar-refractivity contribution is 0.273. The van der Waals surface area contributed by atoms with Crippen LogP contribution >= 0.6 is 15.9 Å². The Balaban J connectivity index is 2.31. The second kappa shape index (κ2) is 6.97. The molecule has 0 aliphatic carbocycles. The minimum Gasteiger partial charge on any atom is -0.370 e. The summed E-state index contributed by atoms with van der Waals surface area (Å²) in [4.78, 5) is 6.71. The molecule has 96 valence electrons. The second-order valence-electron chi connectivity index (χ2n) is 4.67. The molecule has 1 heterocycles. The Morgan fingerprint density at radius 1 is 1.47 bits per heavy atom. The zero-order valence-corrected chi connectivity index (χ0v) is 12.7. The second-order valence-corrected chi connectivity index (χ2v) is 5.59. The lowest BCUT2D eigenvalue weighted by atomic mass is 10.3.